The number of hydrogen-bond acceptors (Lipinski definition) is 5. The first-order valence-electron chi connectivity index (χ1n) is 9.34. The Morgan fingerprint density at radius 3 is 2.74 bits per heavy atom. The molecule has 0 aliphatic carbocycles. The SMILES string of the molecule is CCc1cc2c(C(C)(C)C#N)cc(N3CCOCC3)nc2p1-c1ccn[nH]1. The first kappa shape index (κ1) is 18.0. The Bertz CT molecular complexity index is 994. The molecule has 1 aliphatic heterocycles. The molecule has 140 valence electrons. The molecule has 1 atom stereocenters. The molecule has 0 amide bonds. The minimum atomic E-state index is -0.724. The van der Waals surface area contributed by atoms with Crippen LogP contribution in [0, 0.1) is 11.3 Å². The third-order valence-corrected chi connectivity index (χ3v) is 7.73. The van der Waals surface area contributed by atoms with Crippen LogP contribution in [0.5, 0.6) is 0 Å². The van der Waals surface area contributed by atoms with Crippen molar-refractivity contribution in [2.45, 2.75) is 32.6 Å². The molecule has 3 aromatic heterocycles. The highest BCUT2D eigenvalue weighted by Crippen LogP contribution is 2.52. The zero-order valence-corrected chi connectivity index (χ0v) is 16.9. The Morgan fingerprint density at radius 2 is 2.11 bits per heavy atom. The van der Waals surface area contributed by atoms with E-state index in [1.54, 1.807) is 6.20 Å². The van der Waals surface area contributed by atoms with Gasteiger partial charge in [0.05, 0.1) is 35.4 Å². The van der Waals surface area contributed by atoms with E-state index in [1.165, 1.54) is 5.30 Å². The standard InChI is InChI=1S/C20H24N5OP/c1-4-14-11-15-16(20(2,3)13-21)12-17(25-7-9-26-10-8-25)23-19(15)27(14)18-5-6-22-24-18/h5-6,11-12H,4,7-10H2,1-3H3,(H,22,24). The minimum absolute atomic E-state index is 0.581. The summed E-state index contributed by atoms with van der Waals surface area (Å²) >= 11 is 0. The van der Waals surface area contributed by atoms with Gasteiger partial charge in [0.15, 0.2) is 0 Å². The molecular formula is C20H24N5OP. The quantitative estimate of drug-likeness (QED) is 0.735. The molecule has 4 rings (SSSR count). The van der Waals surface area contributed by atoms with Crippen LogP contribution in [0.2, 0.25) is 0 Å². The predicted molar refractivity (Wildman–Crippen MR) is 109 cm³/mol. The van der Waals surface area contributed by atoms with Crippen molar-refractivity contribution in [3.63, 3.8) is 0 Å². The summed E-state index contributed by atoms with van der Waals surface area (Å²) in [6, 6.07) is 8.90. The van der Waals surface area contributed by atoms with Crippen LogP contribution in [-0.2, 0) is 16.6 Å². The number of ether oxygens (including phenoxy) is 1. The van der Waals surface area contributed by atoms with E-state index >= 15 is 0 Å². The molecule has 7 heteroatoms. The van der Waals surface area contributed by atoms with E-state index in [-0.39, 0.29) is 0 Å². The van der Waals surface area contributed by atoms with Gasteiger partial charge < -0.3 is 9.64 Å². The lowest BCUT2D eigenvalue weighted by Gasteiger charge is -2.29. The van der Waals surface area contributed by atoms with Gasteiger partial charge in [0.1, 0.15) is 5.82 Å². The van der Waals surface area contributed by atoms with E-state index in [4.69, 9.17) is 9.72 Å². The average molecular weight is 381 g/mol. The Morgan fingerprint density at radius 1 is 1.33 bits per heavy atom. The van der Waals surface area contributed by atoms with Gasteiger partial charge >= 0.3 is 0 Å². The van der Waals surface area contributed by atoms with E-state index in [0.717, 1.165) is 47.0 Å². The Balaban J connectivity index is 2.01. The lowest BCUT2D eigenvalue weighted by Crippen LogP contribution is -2.37. The number of nitrogens with zero attached hydrogens (tertiary/aromatic N) is 4. The molecule has 6 nitrogen and oxygen atoms in total. The molecule has 4 heterocycles. The lowest BCUT2D eigenvalue weighted by atomic mass is 9.85. The first-order chi connectivity index (χ1) is 13.0. The minimum Gasteiger partial charge on any atom is -0.378 e. The number of H-pyrrole nitrogens is 1. The molecule has 3 aromatic rings. The molecule has 0 aromatic carbocycles. The lowest BCUT2D eigenvalue weighted by molar-refractivity contribution is 0.122. The van der Waals surface area contributed by atoms with Crippen molar-refractivity contribution in [1.82, 2.24) is 15.2 Å². The zero-order valence-electron chi connectivity index (χ0n) is 16.0. The highest BCUT2D eigenvalue weighted by Gasteiger charge is 2.28. The Labute approximate surface area is 160 Å². The first-order valence-corrected chi connectivity index (χ1v) is 10.7. The second-order valence-electron chi connectivity index (χ2n) is 7.37. The van der Waals surface area contributed by atoms with Gasteiger partial charge in [0.2, 0.25) is 0 Å². The summed E-state index contributed by atoms with van der Waals surface area (Å²) in [7, 11) is -0.724. The molecular weight excluding hydrogens is 357 g/mol. The smallest absolute Gasteiger partial charge is 0.130 e. The number of aromatic nitrogens is 3. The van der Waals surface area contributed by atoms with Gasteiger partial charge in [-0.2, -0.15) is 10.4 Å². The highest BCUT2D eigenvalue weighted by atomic mass is 31.1. The van der Waals surface area contributed by atoms with Crippen molar-refractivity contribution in [3.05, 3.63) is 35.3 Å². The maximum Gasteiger partial charge on any atom is 0.130 e. The van der Waals surface area contributed by atoms with E-state index in [2.05, 4.69) is 40.2 Å². The Hall–Kier alpha value is -2.35. The van der Waals surface area contributed by atoms with E-state index in [9.17, 15) is 5.26 Å². The largest absolute Gasteiger partial charge is 0.378 e. The van der Waals surface area contributed by atoms with Crippen LogP contribution in [0.25, 0.3) is 16.1 Å². The molecule has 0 saturated carbocycles. The molecule has 0 radical (unpaired) electrons. The van der Waals surface area contributed by atoms with Crippen molar-refractivity contribution in [2.24, 2.45) is 0 Å². The van der Waals surface area contributed by atoms with Crippen LogP contribution < -0.4 is 4.90 Å². The zero-order chi connectivity index (χ0) is 19.0. The van der Waals surface area contributed by atoms with E-state index < -0.39 is 12.9 Å². The van der Waals surface area contributed by atoms with Crippen molar-refractivity contribution in [1.29, 1.82) is 5.26 Å². The predicted octanol–water partition coefficient (Wildman–Crippen LogP) is 4.13. The van der Waals surface area contributed by atoms with Gasteiger partial charge in [-0.25, -0.2) is 4.98 Å². The summed E-state index contributed by atoms with van der Waals surface area (Å²) in [5, 5.41) is 20.7. The van der Waals surface area contributed by atoms with Crippen molar-refractivity contribution < 1.29 is 4.74 Å². The molecule has 1 fully saturated rings. The number of aryl methyl sites for hydroxylation is 1. The maximum atomic E-state index is 9.82. The summed E-state index contributed by atoms with van der Waals surface area (Å²) < 4.78 is 5.51. The highest BCUT2D eigenvalue weighted by molar-refractivity contribution is 7.62. The third kappa shape index (κ3) is 3.12. The van der Waals surface area contributed by atoms with Crippen LogP contribution in [0.3, 0.4) is 0 Å². The average Bonchev–Trinajstić information content (AvgIpc) is 3.34. The monoisotopic (exact) mass is 381 g/mol. The number of hydrogen-bond donors (Lipinski definition) is 1. The topological polar surface area (TPSA) is 77.8 Å². The van der Waals surface area contributed by atoms with Crippen LogP contribution in [0.1, 0.15) is 31.6 Å². The van der Waals surface area contributed by atoms with Gasteiger partial charge in [-0.1, -0.05) is 6.92 Å². The number of rotatable bonds is 4. The number of fused-ring (bicyclic) bond motifs is 1. The van der Waals surface area contributed by atoms with Gasteiger partial charge in [0, 0.05) is 24.7 Å². The van der Waals surface area contributed by atoms with Crippen LogP contribution in [0.4, 0.5) is 5.82 Å². The van der Waals surface area contributed by atoms with Crippen LogP contribution >= 0.6 is 7.53 Å². The van der Waals surface area contributed by atoms with E-state index in [1.807, 2.05) is 19.9 Å². The Kier molecular flexibility index (Phi) is 4.67. The molecule has 1 N–H and O–H groups in total. The molecule has 1 unspecified atom stereocenters. The van der Waals surface area contributed by atoms with Gasteiger partial charge in [-0.15, -0.1) is 0 Å². The summed E-state index contributed by atoms with van der Waals surface area (Å²) in [5.74, 6) is 0.952. The summed E-state index contributed by atoms with van der Waals surface area (Å²) in [5.41, 5.74) is 1.60. The number of aromatic amines is 1. The summed E-state index contributed by atoms with van der Waals surface area (Å²) in [6.07, 6.45) is 2.76. The van der Waals surface area contributed by atoms with Crippen LogP contribution in [-0.4, -0.2) is 41.5 Å². The number of nitriles is 1. The fourth-order valence-electron chi connectivity index (χ4n) is 3.64. The summed E-state index contributed by atoms with van der Waals surface area (Å²) in [4.78, 5) is 7.38. The molecule has 0 spiro atoms. The fourth-order valence-corrected chi connectivity index (χ4v) is 6.03. The summed E-state index contributed by atoms with van der Waals surface area (Å²) in [6.45, 7) is 9.24. The normalized spacial score (nSPS) is 15.9. The van der Waals surface area contributed by atoms with Crippen LogP contribution in [0.15, 0.2) is 24.4 Å². The second kappa shape index (κ2) is 6.99. The van der Waals surface area contributed by atoms with Gasteiger partial charge in [0.25, 0.3) is 0 Å². The fraction of sp³-hybridized carbons (Fsp3) is 0.450. The molecule has 1 aliphatic rings. The molecule has 27 heavy (non-hydrogen) atoms. The number of anilines is 1. The molecule has 0 bridgehead atoms. The maximum absolute atomic E-state index is 9.82. The third-order valence-electron chi connectivity index (χ3n) is 5.21. The van der Waals surface area contributed by atoms with Gasteiger partial charge in [-0.05, 0) is 56.9 Å². The number of nitrogens with one attached hydrogen (secondary N) is 1. The van der Waals surface area contributed by atoms with Gasteiger partial charge in [-0.3, -0.25) is 5.10 Å². The van der Waals surface area contributed by atoms with Crippen molar-refractivity contribution in [2.75, 3.05) is 31.2 Å². The number of pyridine rings is 1. The second-order valence-corrected chi connectivity index (χ2v) is 9.52. The van der Waals surface area contributed by atoms with Crippen molar-refractivity contribution >= 4 is 24.0 Å². The van der Waals surface area contributed by atoms with Crippen molar-refractivity contribution in [3.8, 4) is 11.5 Å². The molecule has 1 saturated heterocycles. The van der Waals surface area contributed by atoms with E-state index in [0.29, 0.717) is 13.2 Å². The number of morpholine rings is 1.